The van der Waals surface area contributed by atoms with Gasteiger partial charge in [0.25, 0.3) is 0 Å². The zero-order valence-electron chi connectivity index (χ0n) is 11.2. The Labute approximate surface area is 112 Å². The van der Waals surface area contributed by atoms with E-state index in [9.17, 15) is 4.79 Å². The van der Waals surface area contributed by atoms with Crippen LogP contribution < -0.4 is 0 Å². The lowest BCUT2D eigenvalue weighted by Crippen LogP contribution is -2.27. The summed E-state index contributed by atoms with van der Waals surface area (Å²) in [5.74, 6) is 2.36. The molecule has 1 aromatic rings. The van der Waals surface area contributed by atoms with Crippen LogP contribution in [-0.2, 0) is 11.3 Å². The van der Waals surface area contributed by atoms with Gasteiger partial charge in [-0.25, -0.2) is 0 Å². The molecule has 2 aliphatic rings. The molecule has 19 heavy (non-hydrogen) atoms. The highest BCUT2D eigenvalue weighted by molar-refractivity contribution is 5.76. The number of rotatable bonds is 5. The monoisotopic (exact) mass is 261 g/mol. The molecule has 0 aromatic carbocycles. The van der Waals surface area contributed by atoms with E-state index in [1.54, 1.807) is 11.9 Å². The van der Waals surface area contributed by atoms with Crippen LogP contribution in [0.4, 0.5) is 0 Å². The number of carbonyl (C=O) groups is 1. The Balaban J connectivity index is 1.52. The quantitative estimate of drug-likeness (QED) is 0.763. The van der Waals surface area contributed by atoms with Gasteiger partial charge in [-0.05, 0) is 31.6 Å². The largest absolute Gasteiger partial charge is 0.339 e. The molecular weight excluding hydrogens is 242 g/mol. The van der Waals surface area contributed by atoms with Crippen molar-refractivity contribution in [3.05, 3.63) is 23.9 Å². The molecule has 5 heteroatoms. The third kappa shape index (κ3) is 3.03. The average molecular weight is 261 g/mol. The highest BCUT2D eigenvalue weighted by atomic mass is 16.5. The lowest BCUT2D eigenvalue weighted by molar-refractivity contribution is -0.131. The summed E-state index contributed by atoms with van der Waals surface area (Å²) in [6.07, 6.45) is 9.35. The van der Waals surface area contributed by atoms with Gasteiger partial charge in [0.1, 0.15) is 0 Å². The number of hydrogen-bond donors (Lipinski definition) is 0. The second kappa shape index (κ2) is 5.15. The molecule has 5 nitrogen and oxygen atoms in total. The topological polar surface area (TPSA) is 59.2 Å². The molecule has 1 amide bonds. The van der Waals surface area contributed by atoms with Crippen molar-refractivity contribution in [2.75, 3.05) is 7.05 Å². The molecular formula is C14H19N3O2. The molecule has 0 bridgehead atoms. The number of amides is 1. The third-order valence-electron chi connectivity index (χ3n) is 3.76. The minimum absolute atomic E-state index is 0.148. The maximum atomic E-state index is 12.1. The Hall–Kier alpha value is -1.65. The predicted molar refractivity (Wildman–Crippen MR) is 69.2 cm³/mol. The Morgan fingerprint density at radius 2 is 2.32 bits per heavy atom. The van der Waals surface area contributed by atoms with Gasteiger partial charge in [-0.1, -0.05) is 17.3 Å². The van der Waals surface area contributed by atoms with E-state index in [2.05, 4.69) is 22.3 Å². The van der Waals surface area contributed by atoms with E-state index in [-0.39, 0.29) is 5.91 Å². The van der Waals surface area contributed by atoms with E-state index < -0.39 is 0 Å². The second-order valence-electron chi connectivity index (χ2n) is 5.54. The first-order valence-corrected chi connectivity index (χ1v) is 6.95. The van der Waals surface area contributed by atoms with Crippen molar-refractivity contribution in [2.24, 2.45) is 5.92 Å². The number of allylic oxidation sites excluding steroid dienone is 2. The predicted octanol–water partition coefficient (Wildman–Crippen LogP) is 2.26. The van der Waals surface area contributed by atoms with Crippen LogP contribution in [0, 0.1) is 5.92 Å². The second-order valence-corrected chi connectivity index (χ2v) is 5.54. The lowest BCUT2D eigenvalue weighted by atomic mass is 10.0. The van der Waals surface area contributed by atoms with Crippen LogP contribution in [0.5, 0.6) is 0 Å². The Morgan fingerprint density at radius 1 is 1.47 bits per heavy atom. The molecule has 3 rings (SSSR count). The standard InChI is InChI=1S/C14H19N3O2/c1-17(13(18)8-10-4-2-3-5-10)9-12-15-14(19-16-12)11-6-7-11/h2,4,10-11H,3,5-9H2,1H3/t10-/m0/s1. The smallest absolute Gasteiger partial charge is 0.229 e. The molecule has 0 saturated heterocycles. The minimum atomic E-state index is 0.148. The lowest BCUT2D eigenvalue weighted by Gasteiger charge is -2.16. The SMILES string of the molecule is CN(Cc1noc(C2CC2)n1)C(=O)C[C@H]1C=CCC1. The van der Waals surface area contributed by atoms with Gasteiger partial charge in [-0.2, -0.15) is 4.98 Å². The summed E-state index contributed by atoms with van der Waals surface area (Å²) in [7, 11) is 1.80. The fraction of sp³-hybridized carbons (Fsp3) is 0.643. The maximum Gasteiger partial charge on any atom is 0.229 e. The molecule has 1 saturated carbocycles. The van der Waals surface area contributed by atoms with Gasteiger partial charge in [0, 0.05) is 19.4 Å². The zero-order chi connectivity index (χ0) is 13.2. The van der Waals surface area contributed by atoms with Crippen LogP contribution in [0.1, 0.15) is 49.7 Å². The van der Waals surface area contributed by atoms with Crippen molar-refractivity contribution < 1.29 is 9.32 Å². The molecule has 0 spiro atoms. The van der Waals surface area contributed by atoms with Gasteiger partial charge in [-0.3, -0.25) is 4.79 Å². The highest BCUT2D eigenvalue weighted by Gasteiger charge is 2.29. The van der Waals surface area contributed by atoms with Gasteiger partial charge in [0.05, 0.1) is 6.54 Å². The van der Waals surface area contributed by atoms with E-state index >= 15 is 0 Å². The molecule has 0 unspecified atom stereocenters. The van der Waals surface area contributed by atoms with Crippen molar-refractivity contribution in [2.45, 2.75) is 44.6 Å². The van der Waals surface area contributed by atoms with Crippen LogP contribution in [0.25, 0.3) is 0 Å². The Bertz CT molecular complexity index is 491. The zero-order valence-corrected chi connectivity index (χ0v) is 11.2. The van der Waals surface area contributed by atoms with E-state index in [4.69, 9.17) is 4.52 Å². The molecule has 0 N–H and O–H groups in total. The van der Waals surface area contributed by atoms with Gasteiger partial charge in [-0.15, -0.1) is 0 Å². The molecule has 0 radical (unpaired) electrons. The number of carbonyl (C=O) groups excluding carboxylic acids is 1. The fourth-order valence-corrected chi connectivity index (χ4v) is 2.37. The number of hydrogen-bond acceptors (Lipinski definition) is 4. The summed E-state index contributed by atoms with van der Waals surface area (Å²) in [6.45, 7) is 0.436. The molecule has 1 aromatic heterocycles. The minimum Gasteiger partial charge on any atom is -0.339 e. The first-order chi connectivity index (χ1) is 9.22. The molecule has 2 aliphatic carbocycles. The van der Waals surface area contributed by atoms with Crippen molar-refractivity contribution in [3.8, 4) is 0 Å². The van der Waals surface area contributed by atoms with Crippen molar-refractivity contribution >= 4 is 5.91 Å². The van der Waals surface area contributed by atoms with E-state index in [0.29, 0.717) is 30.6 Å². The first kappa shape index (κ1) is 12.4. The van der Waals surface area contributed by atoms with E-state index in [1.807, 2.05) is 0 Å². The third-order valence-corrected chi connectivity index (χ3v) is 3.76. The van der Waals surface area contributed by atoms with Crippen molar-refractivity contribution in [3.63, 3.8) is 0 Å². The van der Waals surface area contributed by atoms with Gasteiger partial charge >= 0.3 is 0 Å². The van der Waals surface area contributed by atoms with Crippen LogP contribution >= 0.6 is 0 Å². The summed E-state index contributed by atoms with van der Waals surface area (Å²) in [5.41, 5.74) is 0. The number of nitrogens with zero attached hydrogens (tertiary/aromatic N) is 3. The normalized spacial score (nSPS) is 21.8. The van der Waals surface area contributed by atoms with Crippen LogP contribution in [-0.4, -0.2) is 28.0 Å². The van der Waals surface area contributed by atoms with Gasteiger partial charge < -0.3 is 9.42 Å². The van der Waals surface area contributed by atoms with Gasteiger partial charge in [0.15, 0.2) is 5.82 Å². The maximum absolute atomic E-state index is 12.1. The Morgan fingerprint density at radius 3 is 3.00 bits per heavy atom. The summed E-state index contributed by atoms with van der Waals surface area (Å²) >= 11 is 0. The van der Waals surface area contributed by atoms with E-state index in [0.717, 1.165) is 31.6 Å². The van der Waals surface area contributed by atoms with Crippen molar-refractivity contribution in [1.82, 2.24) is 15.0 Å². The summed E-state index contributed by atoms with van der Waals surface area (Å²) in [5, 5.41) is 3.94. The molecule has 0 aliphatic heterocycles. The van der Waals surface area contributed by atoms with Crippen molar-refractivity contribution in [1.29, 1.82) is 0 Å². The van der Waals surface area contributed by atoms with Crippen LogP contribution in [0.15, 0.2) is 16.7 Å². The molecule has 1 atom stereocenters. The highest BCUT2D eigenvalue weighted by Crippen LogP contribution is 2.38. The number of aromatic nitrogens is 2. The molecule has 1 fully saturated rings. The summed E-state index contributed by atoms with van der Waals surface area (Å²) in [4.78, 5) is 18.1. The van der Waals surface area contributed by atoms with E-state index in [1.165, 1.54) is 0 Å². The van der Waals surface area contributed by atoms with Gasteiger partial charge in [0.2, 0.25) is 11.8 Å². The summed E-state index contributed by atoms with van der Waals surface area (Å²) < 4.78 is 5.19. The first-order valence-electron chi connectivity index (χ1n) is 6.95. The van der Waals surface area contributed by atoms with Crippen LogP contribution in [0.3, 0.4) is 0 Å². The fourth-order valence-electron chi connectivity index (χ4n) is 2.37. The Kier molecular flexibility index (Phi) is 3.36. The molecule has 102 valence electrons. The summed E-state index contributed by atoms with van der Waals surface area (Å²) in [6, 6.07) is 0. The average Bonchev–Trinajstić information content (AvgIpc) is 2.92. The molecule has 1 heterocycles. The van der Waals surface area contributed by atoms with Crippen LogP contribution in [0.2, 0.25) is 0 Å².